The number of nitrogens with two attached hydrogens (primary N) is 1. The standard InChI is InChI=1S/C15H16N2O3/c16-13-5-6-14(12-4-2-1-3-11(12)13)20-10-7-8-17(9-10)15(18)19/h1-6,10H,7-9,16H2,(H,18,19). The number of amides is 1. The molecule has 1 heterocycles. The molecule has 2 aromatic carbocycles. The normalized spacial score (nSPS) is 18.4. The van der Waals surface area contributed by atoms with Crippen LogP contribution in [0.4, 0.5) is 10.5 Å². The molecule has 2 aromatic rings. The Kier molecular flexibility index (Phi) is 3.10. The molecule has 3 rings (SSSR count). The van der Waals surface area contributed by atoms with Crippen LogP contribution in [-0.2, 0) is 0 Å². The molecule has 1 saturated heterocycles. The lowest BCUT2D eigenvalue weighted by atomic mass is 10.1. The molecule has 5 heteroatoms. The summed E-state index contributed by atoms with van der Waals surface area (Å²) in [5.41, 5.74) is 6.67. The minimum Gasteiger partial charge on any atom is -0.488 e. The largest absolute Gasteiger partial charge is 0.488 e. The molecule has 0 aromatic heterocycles. The van der Waals surface area contributed by atoms with E-state index < -0.39 is 6.09 Å². The van der Waals surface area contributed by atoms with Gasteiger partial charge in [0.25, 0.3) is 0 Å². The number of carboxylic acid groups (broad SMARTS) is 1. The Bertz CT molecular complexity index is 657. The maximum atomic E-state index is 10.9. The Hall–Kier alpha value is -2.43. The Morgan fingerprint density at radius 2 is 2.00 bits per heavy atom. The molecule has 3 N–H and O–H groups in total. The SMILES string of the molecule is Nc1ccc(OC2CCN(C(=O)O)C2)c2ccccc12. The number of nitrogen functional groups attached to an aromatic ring is 1. The summed E-state index contributed by atoms with van der Waals surface area (Å²) in [6.07, 6.45) is -0.276. The Morgan fingerprint density at radius 3 is 2.70 bits per heavy atom. The molecule has 1 aliphatic heterocycles. The molecule has 1 fully saturated rings. The summed E-state index contributed by atoms with van der Waals surface area (Å²) in [6.45, 7) is 0.931. The first-order valence-corrected chi connectivity index (χ1v) is 6.57. The zero-order valence-electron chi connectivity index (χ0n) is 11.0. The summed E-state index contributed by atoms with van der Waals surface area (Å²) in [4.78, 5) is 12.3. The van der Waals surface area contributed by atoms with Crippen LogP contribution in [0, 0.1) is 0 Å². The fraction of sp³-hybridized carbons (Fsp3) is 0.267. The van der Waals surface area contributed by atoms with Gasteiger partial charge in [-0.3, -0.25) is 0 Å². The van der Waals surface area contributed by atoms with E-state index in [4.69, 9.17) is 15.6 Å². The van der Waals surface area contributed by atoms with E-state index in [9.17, 15) is 4.79 Å². The van der Waals surface area contributed by atoms with Gasteiger partial charge in [0.1, 0.15) is 11.9 Å². The number of nitrogens with zero attached hydrogens (tertiary/aromatic N) is 1. The van der Waals surface area contributed by atoms with Crippen molar-refractivity contribution >= 4 is 22.6 Å². The summed E-state index contributed by atoms with van der Waals surface area (Å²) >= 11 is 0. The molecular formula is C15H16N2O3. The second-order valence-corrected chi connectivity index (χ2v) is 4.96. The number of rotatable bonds is 2. The number of carbonyl (C=O) groups is 1. The van der Waals surface area contributed by atoms with Crippen molar-refractivity contribution in [2.45, 2.75) is 12.5 Å². The molecule has 0 spiro atoms. The lowest BCUT2D eigenvalue weighted by Crippen LogP contribution is -2.29. The number of benzene rings is 2. The first-order valence-electron chi connectivity index (χ1n) is 6.57. The molecule has 20 heavy (non-hydrogen) atoms. The Morgan fingerprint density at radius 1 is 1.25 bits per heavy atom. The fourth-order valence-electron chi connectivity index (χ4n) is 2.58. The minimum absolute atomic E-state index is 0.0990. The van der Waals surface area contributed by atoms with Crippen LogP contribution in [0.15, 0.2) is 36.4 Å². The third-order valence-electron chi connectivity index (χ3n) is 3.63. The van der Waals surface area contributed by atoms with Crippen LogP contribution in [0.2, 0.25) is 0 Å². The number of hydrogen-bond acceptors (Lipinski definition) is 3. The van der Waals surface area contributed by atoms with E-state index in [2.05, 4.69) is 0 Å². The predicted molar refractivity (Wildman–Crippen MR) is 77.0 cm³/mol. The highest BCUT2D eigenvalue weighted by atomic mass is 16.5. The lowest BCUT2D eigenvalue weighted by Gasteiger charge is -2.16. The predicted octanol–water partition coefficient (Wildman–Crippen LogP) is 2.55. The summed E-state index contributed by atoms with van der Waals surface area (Å²) in [6, 6.07) is 11.5. The van der Waals surface area contributed by atoms with Gasteiger partial charge in [0, 0.05) is 29.4 Å². The molecule has 0 bridgehead atoms. The first-order chi connectivity index (χ1) is 9.65. The molecule has 0 aliphatic carbocycles. The molecule has 5 nitrogen and oxygen atoms in total. The highest BCUT2D eigenvalue weighted by molar-refractivity contribution is 5.97. The van der Waals surface area contributed by atoms with E-state index in [-0.39, 0.29) is 6.10 Å². The number of anilines is 1. The van der Waals surface area contributed by atoms with E-state index >= 15 is 0 Å². The van der Waals surface area contributed by atoms with E-state index in [0.29, 0.717) is 25.2 Å². The lowest BCUT2D eigenvalue weighted by molar-refractivity contribution is 0.146. The Labute approximate surface area is 116 Å². The summed E-state index contributed by atoms with van der Waals surface area (Å²) in [5.74, 6) is 0.757. The summed E-state index contributed by atoms with van der Waals surface area (Å²) in [5, 5.41) is 10.9. The first kappa shape index (κ1) is 12.6. The van der Waals surface area contributed by atoms with Crippen LogP contribution >= 0.6 is 0 Å². The van der Waals surface area contributed by atoms with Gasteiger partial charge in [-0.2, -0.15) is 0 Å². The van der Waals surface area contributed by atoms with Crippen LogP contribution in [-0.4, -0.2) is 35.3 Å². The van der Waals surface area contributed by atoms with Crippen LogP contribution in [0.3, 0.4) is 0 Å². The molecule has 1 atom stereocenters. The minimum atomic E-state index is -0.890. The molecular weight excluding hydrogens is 256 g/mol. The topological polar surface area (TPSA) is 75.8 Å². The highest BCUT2D eigenvalue weighted by Gasteiger charge is 2.27. The molecule has 1 unspecified atom stereocenters. The van der Waals surface area contributed by atoms with E-state index in [0.717, 1.165) is 16.5 Å². The summed E-state index contributed by atoms with van der Waals surface area (Å²) in [7, 11) is 0. The summed E-state index contributed by atoms with van der Waals surface area (Å²) < 4.78 is 5.96. The zero-order chi connectivity index (χ0) is 14.1. The van der Waals surface area contributed by atoms with Crippen molar-refractivity contribution in [3.63, 3.8) is 0 Å². The van der Waals surface area contributed by atoms with Crippen molar-refractivity contribution in [3.8, 4) is 5.75 Å². The van der Waals surface area contributed by atoms with E-state index in [1.54, 1.807) is 0 Å². The van der Waals surface area contributed by atoms with Crippen LogP contribution < -0.4 is 10.5 Å². The van der Waals surface area contributed by atoms with Gasteiger partial charge in [0.2, 0.25) is 0 Å². The van der Waals surface area contributed by atoms with E-state index in [1.807, 2.05) is 36.4 Å². The number of hydrogen-bond donors (Lipinski definition) is 2. The van der Waals surface area contributed by atoms with Gasteiger partial charge in [-0.1, -0.05) is 24.3 Å². The van der Waals surface area contributed by atoms with Crippen LogP contribution in [0.25, 0.3) is 10.8 Å². The molecule has 104 valence electrons. The maximum Gasteiger partial charge on any atom is 0.407 e. The molecule has 1 aliphatic rings. The van der Waals surface area contributed by atoms with Crippen molar-refractivity contribution < 1.29 is 14.6 Å². The zero-order valence-corrected chi connectivity index (χ0v) is 11.0. The number of ether oxygens (including phenoxy) is 1. The molecule has 1 amide bonds. The van der Waals surface area contributed by atoms with Crippen molar-refractivity contribution in [3.05, 3.63) is 36.4 Å². The van der Waals surface area contributed by atoms with Gasteiger partial charge < -0.3 is 20.5 Å². The van der Waals surface area contributed by atoms with Gasteiger partial charge in [-0.15, -0.1) is 0 Å². The van der Waals surface area contributed by atoms with E-state index in [1.165, 1.54) is 4.90 Å². The van der Waals surface area contributed by atoms with Gasteiger partial charge >= 0.3 is 6.09 Å². The van der Waals surface area contributed by atoms with Crippen LogP contribution in [0.1, 0.15) is 6.42 Å². The molecule has 0 radical (unpaired) electrons. The number of fused-ring (bicyclic) bond motifs is 1. The second-order valence-electron chi connectivity index (χ2n) is 4.96. The van der Waals surface area contributed by atoms with Gasteiger partial charge in [0.05, 0.1) is 6.54 Å². The fourth-order valence-corrected chi connectivity index (χ4v) is 2.58. The third kappa shape index (κ3) is 2.22. The van der Waals surface area contributed by atoms with Crippen molar-refractivity contribution in [2.75, 3.05) is 18.8 Å². The average molecular weight is 272 g/mol. The van der Waals surface area contributed by atoms with Gasteiger partial charge in [0.15, 0.2) is 0 Å². The average Bonchev–Trinajstić information content (AvgIpc) is 2.91. The van der Waals surface area contributed by atoms with Crippen molar-refractivity contribution in [1.82, 2.24) is 4.90 Å². The smallest absolute Gasteiger partial charge is 0.407 e. The Balaban J connectivity index is 1.85. The maximum absolute atomic E-state index is 10.9. The van der Waals surface area contributed by atoms with Crippen molar-refractivity contribution in [1.29, 1.82) is 0 Å². The van der Waals surface area contributed by atoms with Gasteiger partial charge in [-0.25, -0.2) is 4.79 Å². The van der Waals surface area contributed by atoms with Crippen molar-refractivity contribution in [2.24, 2.45) is 0 Å². The van der Waals surface area contributed by atoms with Crippen LogP contribution in [0.5, 0.6) is 5.75 Å². The third-order valence-corrected chi connectivity index (χ3v) is 3.63. The quantitative estimate of drug-likeness (QED) is 0.824. The highest BCUT2D eigenvalue weighted by Crippen LogP contribution is 2.31. The number of likely N-dealkylation sites (tertiary alicyclic amines) is 1. The second kappa shape index (κ2) is 4.92. The monoisotopic (exact) mass is 272 g/mol. The molecule has 0 saturated carbocycles. The van der Waals surface area contributed by atoms with Gasteiger partial charge in [-0.05, 0) is 12.1 Å².